The number of nitrogens with one attached hydrogen (secondary N) is 1. The van der Waals surface area contributed by atoms with Crippen molar-refractivity contribution in [3.8, 4) is 0 Å². The molecule has 0 fully saturated rings. The van der Waals surface area contributed by atoms with Crippen LogP contribution in [-0.4, -0.2) is 37.6 Å². The number of hydrogen-bond acceptors (Lipinski definition) is 3. The molecule has 0 saturated heterocycles. The Bertz CT molecular complexity index is 441. The number of hydrogen-bond donors (Lipinski definition) is 2. The van der Waals surface area contributed by atoms with Gasteiger partial charge in [-0.2, -0.15) is 0 Å². The zero-order chi connectivity index (χ0) is 14.4. The molecule has 0 radical (unpaired) electrons. The number of carboxylic acid groups (broad SMARTS) is 1. The first-order valence-electron chi connectivity index (χ1n) is 6.13. The molecule has 0 aliphatic carbocycles. The van der Waals surface area contributed by atoms with Crippen molar-refractivity contribution in [1.29, 1.82) is 0 Å². The summed E-state index contributed by atoms with van der Waals surface area (Å²) in [5.74, 6) is -1.23. The summed E-state index contributed by atoms with van der Waals surface area (Å²) in [6.07, 6.45) is 0.00158. The van der Waals surface area contributed by atoms with Gasteiger partial charge in [-0.1, -0.05) is 12.1 Å². The monoisotopic (exact) mass is 264 g/mol. The van der Waals surface area contributed by atoms with E-state index in [4.69, 9.17) is 5.11 Å². The zero-order valence-corrected chi connectivity index (χ0v) is 11.5. The average molecular weight is 264 g/mol. The topological polar surface area (TPSA) is 69.6 Å². The molecule has 0 bridgehead atoms. The minimum absolute atomic E-state index is 0.00158. The van der Waals surface area contributed by atoms with Gasteiger partial charge in [-0.05, 0) is 17.7 Å². The molecule has 1 unspecified atom stereocenters. The van der Waals surface area contributed by atoms with Crippen molar-refractivity contribution in [2.45, 2.75) is 19.3 Å². The van der Waals surface area contributed by atoms with Crippen molar-refractivity contribution >= 4 is 17.6 Å². The summed E-state index contributed by atoms with van der Waals surface area (Å²) in [7, 11) is 3.89. The average Bonchev–Trinajstić information content (AvgIpc) is 2.34. The zero-order valence-electron chi connectivity index (χ0n) is 11.5. The molecule has 0 spiro atoms. The van der Waals surface area contributed by atoms with Crippen LogP contribution in [0.4, 0.5) is 5.69 Å². The molecule has 0 aliphatic heterocycles. The van der Waals surface area contributed by atoms with Crippen molar-refractivity contribution in [2.24, 2.45) is 0 Å². The lowest BCUT2D eigenvalue weighted by atomic mass is 9.95. The van der Waals surface area contributed by atoms with Gasteiger partial charge in [-0.15, -0.1) is 0 Å². The Morgan fingerprint density at radius 1 is 1.26 bits per heavy atom. The van der Waals surface area contributed by atoms with Gasteiger partial charge in [0, 0.05) is 39.2 Å². The lowest BCUT2D eigenvalue weighted by Gasteiger charge is -2.18. The quantitative estimate of drug-likeness (QED) is 0.816. The molecule has 0 heterocycles. The molecule has 0 saturated carbocycles. The molecule has 0 aromatic heterocycles. The fraction of sp³-hybridized carbons (Fsp3) is 0.429. The van der Waals surface area contributed by atoms with Crippen molar-refractivity contribution < 1.29 is 14.7 Å². The van der Waals surface area contributed by atoms with E-state index < -0.39 is 5.97 Å². The van der Waals surface area contributed by atoms with Crippen molar-refractivity contribution in [2.75, 3.05) is 25.5 Å². The summed E-state index contributed by atoms with van der Waals surface area (Å²) in [4.78, 5) is 23.8. The second-order valence-electron chi connectivity index (χ2n) is 4.72. The highest BCUT2D eigenvalue weighted by molar-refractivity contribution is 5.73. The predicted octanol–water partition coefficient (Wildman–Crippen LogP) is 1.45. The van der Waals surface area contributed by atoms with Crippen LogP contribution < -0.4 is 10.2 Å². The maximum absolute atomic E-state index is 10.9. The van der Waals surface area contributed by atoms with E-state index in [0.717, 1.165) is 11.3 Å². The lowest BCUT2D eigenvalue weighted by Crippen LogP contribution is -2.27. The predicted molar refractivity (Wildman–Crippen MR) is 74.4 cm³/mol. The summed E-state index contributed by atoms with van der Waals surface area (Å²) in [5.41, 5.74) is 1.97. The number of rotatable bonds is 6. The summed E-state index contributed by atoms with van der Waals surface area (Å²) in [6, 6.07) is 7.70. The van der Waals surface area contributed by atoms with E-state index in [-0.39, 0.29) is 18.2 Å². The summed E-state index contributed by atoms with van der Waals surface area (Å²) >= 11 is 0. The Hall–Kier alpha value is -2.04. The molecule has 1 aromatic rings. The number of amides is 1. The largest absolute Gasteiger partial charge is 0.481 e. The van der Waals surface area contributed by atoms with Gasteiger partial charge >= 0.3 is 5.97 Å². The molecule has 5 heteroatoms. The summed E-state index contributed by atoms with van der Waals surface area (Å²) < 4.78 is 0. The Kier molecular flexibility index (Phi) is 5.36. The van der Waals surface area contributed by atoms with Crippen LogP contribution in [0.15, 0.2) is 24.3 Å². The third kappa shape index (κ3) is 4.99. The number of anilines is 1. The molecule has 1 rings (SSSR count). The Morgan fingerprint density at radius 3 is 2.26 bits per heavy atom. The van der Waals surface area contributed by atoms with Gasteiger partial charge in [0.1, 0.15) is 0 Å². The standard InChI is InChI=1S/C14H20N2O3/c1-10(17)15-9-12(8-14(18)19)11-4-6-13(7-5-11)16(2)3/h4-7,12H,8-9H2,1-3H3,(H,15,17)(H,18,19). The van der Waals surface area contributed by atoms with Gasteiger partial charge in [-0.3, -0.25) is 9.59 Å². The van der Waals surface area contributed by atoms with E-state index in [0.29, 0.717) is 6.54 Å². The van der Waals surface area contributed by atoms with Gasteiger partial charge in [0.25, 0.3) is 0 Å². The lowest BCUT2D eigenvalue weighted by molar-refractivity contribution is -0.137. The number of carboxylic acids is 1. The number of benzene rings is 1. The van der Waals surface area contributed by atoms with Crippen LogP contribution in [0.2, 0.25) is 0 Å². The molecule has 0 aliphatic rings. The maximum atomic E-state index is 10.9. The van der Waals surface area contributed by atoms with E-state index in [1.54, 1.807) is 0 Å². The number of nitrogens with zero attached hydrogens (tertiary/aromatic N) is 1. The van der Waals surface area contributed by atoms with Gasteiger partial charge in [0.05, 0.1) is 6.42 Å². The second kappa shape index (κ2) is 6.78. The van der Waals surface area contributed by atoms with E-state index in [9.17, 15) is 9.59 Å². The minimum Gasteiger partial charge on any atom is -0.481 e. The van der Waals surface area contributed by atoms with Crippen molar-refractivity contribution in [1.82, 2.24) is 5.32 Å². The van der Waals surface area contributed by atoms with E-state index in [1.165, 1.54) is 6.92 Å². The minimum atomic E-state index is -0.868. The van der Waals surface area contributed by atoms with Crippen LogP contribution in [0, 0.1) is 0 Å². The van der Waals surface area contributed by atoms with Crippen molar-refractivity contribution in [3.05, 3.63) is 29.8 Å². The molecule has 1 atom stereocenters. The third-order valence-corrected chi connectivity index (χ3v) is 2.90. The fourth-order valence-corrected chi connectivity index (χ4v) is 1.83. The molecule has 19 heavy (non-hydrogen) atoms. The molecule has 1 aromatic carbocycles. The molecule has 5 nitrogen and oxygen atoms in total. The highest BCUT2D eigenvalue weighted by Crippen LogP contribution is 2.22. The van der Waals surface area contributed by atoms with E-state index in [1.807, 2.05) is 43.3 Å². The first kappa shape index (κ1) is 15.0. The summed E-state index contributed by atoms with van der Waals surface area (Å²) in [5, 5.41) is 11.6. The molecule has 1 amide bonds. The van der Waals surface area contributed by atoms with Crippen LogP contribution in [-0.2, 0) is 9.59 Å². The maximum Gasteiger partial charge on any atom is 0.304 e. The van der Waals surface area contributed by atoms with Crippen LogP contribution in [0.3, 0.4) is 0 Å². The Balaban J connectivity index is 2.83. The smallest absolute Gasteiger partial charge is 0.304 e. The molecular weight excluding hydrogens is 244 g/mol. The van der Waals surface area contributed by atoms with E-state index >= 15 is 0 Å². The first-order valence-corrected chi connectivity index (χ1v) is 6.13. The van der Waals surface area contributed by atoms with Gasteiger partial charge in [-0.25, -0.2) is 0 Å². The van der Waals surface area contributed by atoms with Gasteiger partial charge < -0.3 is 15.3 Å². The van der Waals surface area contributed by atoms with E-state index in [2.05, 4.69) is 5.32 Å². The highest BCUT2D eigenvalue weighted by atomic mass is 16.4. The highest BCUT2D eigenvalue weighted by Gasteiger charge is 2.16. The SMILES string of the molecule is CC(=O)NCC(CC(=O)O)c1ccc(N(C)C)cc1. The van der Waals surface area contributed by atoms with Crippen LogP contribution in [0.5, 0.6) is 0 Å². The molecule has 104 valence electrons. The summed E-state index contributed by atoms with van der Waals surface area (Å²) in [6.45, 7) is 1.76. The number of carbonyl (C=O) groups is 2. The normalized spacial score (nSPS) is 11.7. The Labute approximate surface area is 113 Å². The molecule has 2 N–H and O–H groups in total. The van der Waals surface area contributed by atoms with Crippen LogP contribution in [0.25, 0.3) is 0 Å². The number of carbonyl (C=O) groups excluding carboxylic acids is 1. The molecular formula is C14H20N2O3. The van der Waals surface area contributed by atoms with Gasteiger partial charge in [0.15, 0.2) is 0 Å². The van der Waals surface area contributed by atoms with Crippen LogP contribution >= 0.6 is 0 Å². The Morgan fingerprint density at radius 2 is 1.84 bits per heavy atom. The van der Waals surface area contributed by atoms with Crippen molar-refractivity contribution in [3.63, 3.8) is 0 Å². The van der Waals surface area contributed by atoms with Crippen LogP contribution in [0.1, 0.15) is 24.8 Å². The fourth-order valence-electron chi connectivity index (χ4n) is 1.83. The third-order valence-electron chi connectivity index (χ3n) is 2.90. The first-order chi connectivity index (χ1) is 8.90. The van der Waals surface area contributed by atoms with Gasteiger partial charge in [0.2, 0.25) is 5.91 Å². The second-order valence-corrected chi connectivity index (χ2v) is 4.72. The number of aliphatic carboxylic acids is 1.